The lowest BCUT2D eigenvalue weighted by Gasteiger charge is -2.37. The minimum Gasteiger partial charge on any atom is -0.497 e. The van der Waals surface area contributed by atoms with Gasteiger partial charge in [-0.3, -0.25) is 0 Å². The average molecular weight is 461 g/mol. The van der Waals surface area contributed by atoms with E-state index in [0.717, 1.165) is 5.69 Å². The fraction of sp³-hybridized carbons (Fsp3) is 0.0741. The Morgan fingerprint density at radius 1 is 0.912 bits per heavy atom. The normalized spacial score (nSPS) is 14.6. The van der Waals surface area contributed by atoms with Gasteiger partial charge >= 0.3 is 5.97 Å². The van der Waals surface area contributed by atoms with E-state index in [1.165, 1.54) is 0 Å². The second-order valence-electron chi connectivity index (χ2n) is 7.65. The quantitative estimate of drug-likeness (QED) is 0.255. The van der Waals surface area contributed by atoms with Crippen LogP contribution in [0.3, 0.4) is 0 Å². The van der Waals surface area contributed by atoms with Gasteiger partial charge in [-0.25, -0.2) is 13.6 Å². The Kier molecular flexibility index (Phi) is 5.45. The Hall–Kier alpha value is -4.26. The number of para-hydroxylation sites is 2. The van der Waals surface area contributed by atoms with Crippen LogP contribution in [-0.2, 0) is 9.53 Å². The van der Waals surface area contributed by atoms with Crippen molar-refractivity contribution >= 4 is 22.9 Å². The molecule has 1 aliphatic heterocycles. The van der Waals surface area contributed by atoms with Crippen molar-refractivity contribution in [1.29, 1.82) is 0 Å². The van der Waals surface area contributed by atoms with E-state index in [0.29, 0.717) is 46.8 Å². The van der Waals surface area contributed by atoms with Gasteiger partial charge in [-0.15, -0.1) is 0 Å². The standard InChI is InChI=1S/C27H18F3NO3/c1-33-17-11-12-19-23(15-17)31(16-7-3-2-4-8-16)22-10-6-5-9-18(22)24(19)27(32)34-26-21(29)14-13-20(28)25(26)30/h2-11,13-15H,12H2,1H3. The van der Waals surface area contributed by atoms with Crippen LogP contribution >= 0.6 is 0 Å². The summed E-state index contributed by atoms with van der Waals surface area (Å²) < 4.78 is 52.7. The summed E-state index contributed by atoms with van der Waals surface area (Å²) in [4.78, 5) is 15.3. The molecule has 7 heteroatoms. The zero-order valence-electron chi connectivity index (χ0n) is 18.0. The highest BCUT2D eigenvalue weighted by atomic mass is 19.2. The predicted octanol–water partition coefficient (Wildman–Crippen LogP) is 6.43. The van der Waals surface area contributed by atoms with Gasteiger partial charge in [-0.2, -0.15) is 4.39 Å². The lowest BCUT2D eigenvalue weighted by atomic mass is 9.86. The molecule has 3 aromatic rings. The van der Waals surface area contributed by atoms with Crippen molar-refractivity contribution in [2.24, 2.45) is 0 Å². The molecule has 0 atom stereocenters. The third-order valence-corrected chi connectivity index (χ3v) is 5.70. The van der Waals surface area contributed by atoms with Crippen LogP contribution in [0.4, 0.5) is 24.5 Å². The van der Waals surface area contributed by atoms with Crippen LogP contribution in [0.25, 0.3) is 5.57 Å². The lowest BCUT2D eigenvalue weighted by molar-refractivity contribution is -0.128. The number of carbonyl (C=O) groups excluding carboxylic acids is 1. The molecule has 0 bridgehead atoms. The number of nitrogens with zero attached hydrogens (tertiary/aromatic N) is 1. The van der Waals surface area contributed by atoms with Gasteiger partial charge < -0.3 is 14.4 Å². The molecule has 0 radical (unpaired) electrons. The van der Waals surface area contributed by atoms with Gasteiger partial charge in [0.05, 0.1) is 24.1 Å². The van der Waals surface area contributed by atoms with Gasteiger partial charge in [-0.05, 0) is 48.4 Å². The summed E-state index contributed by atoms with van der Waals surface area (Å²) in [5, 5.41) is 0. The molecule has 0 N–H and O–H groups in total. The highest BCUT2D eigenvalue weighted by Crippen LogP contribution is 2.47. The molecule has 0 fully saturated rings. The Morgan fingerprint density at radius 3 is 2.38 bits per heavy atom. The van der Waals surface area contributed by atoms with E-state index in [-0.39, 0.29) is 5.57 Å². The zero-order valence-corrected chi connectivity index (χ0v) is 18.0. The van der Waals surface area contributed by atoms with Crippen LogP contribution in [-0.4, -0.2) is 13.1 Å². The number of rotatable bonds is 4. The summed E-state index contributed by atoms with van der Waals surface area (Å²) in [6.07, 6.45) is 3.90. The van der Waals surface area contributed by atoms with E-state index in [2.05, 4.69) is 0 Å². The smallest absolute Gasteiger partial charge is 0.344 e. The van der Waals surface area contributed by atoms with Crippen molar-refractivity contribution in [2.75, 3.05) is 12.0 Å². The largest absolute Gasteiger partial charge is 0.497 e. The number of hydrogen-bond acceptors (Lipinski definition) is 4. The van der Waals surface area contributed by atoms with Gasteiger partial charge in [0.1, 0.15) is 5.76 Å². The molecule has 3 aromatic carbocycles. The number of carbonyl (C=O) groups is 1. The highest BCUT2D eigenvalue weighted by Gasteiger charge is 2.35. The minimum absolute atomic E-state index is 0.142. The Labute approximate surface area is 193 Å². The molecule has 2 aliphatic rings. The van der Waals surface area contributed by atoms with Crippen LogP contribution in [0.5, 0.6) is 5.75 Å². The van der Waals surface area contributed by atoms with Gasteiger partial charge in [0.25, 0.3) is 0 Å². The van der Waals surface area contributed by atoms with Crippen molar-refractivity contribution in [2.45, 2.75) is 6.42 Å². The first kappa shape index (κ1) is 21.6. The number of hydrogen-bond donors (Lipinski definition) is 0. The molecule has 0 unspecified atom stereocenters. The van der Waals surface area contributed by atoms with Crippen molar-refractivity contribution < 1.29 is 27.4 Å². The van der Waals surface area contributed by atoms with Crippen LogP contribution in [0, 0.1) is 17.5 Å². The van der Waals surface area contributed by atoms with Gasteiger partial charge in [0.2, 0.25) is 11.6 Å². The fourth-order valence-corrected chi connectivity index (χ4v) is 4.17. The third kappa shape index (κ3) is 3.55. The topological polar surface area (TPSA) is 38.8 Å². The Morgan fingerprint density at radius 2 is 1.62 bits per heavy atom. The Balaban J connectivity index is 1.70. The van der Waals surface area contributed by atoms with Gasteiger partial charge in [-0.1, -0.05) is 36.4 Å². The lowest BCUT2D eigenvalue weighted by Crippen LogP contribution is -2.28. The molecule has 1 aliphatic carbocycles. The van der Waals surface area contributed by atoms with Gasteiger partial charge in [0, 0.05) is 17.3 Å². The number of anilines is 2. The monoisotopic (exact) mass is 461 g/mol. The summed E-state index contributed by atoms with van der Waals surface area (Å²) in [7, 11) is 1.55. The molecular weight excluding hydrogens is 443 g/mol. The first-order valence-corrected chi connectivity index (χ1v) is 10.5. The first-order valence-electron chi connectivity index (χ1n) is 10.5. The van der Waals surface area contributed by atoms with Crippen LogP contribution in [0.1, 0.15) is 12.0 Å². The van der Waals surface area contributed by atoms with Crippen molar-refractivity contribution in [3.8, 4) is 5.75 Å². The molecule has 5 rings (SSSR count). The SMILES string of the molecule is COC1=CCC2=C(C(=O)Oc3c(F)ccc(F)c3F)c3ccccc3N(c3ccccc3)C2=C1. The summed E-state index contributed by atoms with van der Waals surface area (Å²) in [6, 6.07) is 18.1. The molecule has 34 heavy (non-hydrogen) atoms. The second-order valence-corrected chi connectivity index (χ2v) is 7.65. The average Bonchev–Trinajstić information content (AvgIpc) is 2.87. The number of halogens is 3. The highest BCUT2D eigenvalue weighted by molar-refractivity contribution is 6.22. The van der Waals surface area contributed by atoms with E-state index in [1.807, 2.05) is 47.4 Å². The molecule has 0 spiro atoms. The maximum Gasteiger partial charge on any atom is 0.344 e. The number of ether oxygens (including phenoxy) is 2. The van der Waals surface area contributed by atoms with Crippen LogP contribution in [0.15, 0.2) is 95.9 Å². The molecular formula is C27H18F3NO3. The number of allylic oxidation sites excluding steroid dienone is 3. The number of benzene rings is 3. The van der Waals surface area contributed by atoms with Gasteiger partial charge in [0.15, 0.2) is 11.6 Å². The van der Waals surface area contributed by atoms with Crippen LogP contribution < -0.4 is 9.64 Å². The minimum atomic E-state index is -1.56. The number of esters is 1. The third-order valence-electron chi connectivity index (χ3n) is 5.70. The molecule has 1 heterocycles. The number of fused-ring (bicyclic) bond motifs is 2. The zero-order chi connectivity index (χ0) is 23.8. The molecule has 0 aromatic heterocycles. The summed E-state index contributed by atoms with van der Waals surface area (Å²) in [6.45, 7) is 0. The van der Waals surface area contributed by atoms with E-state index >= 15 is 0 Å². The van der Waals surface area contributed by atoms with E-state index in [4.69, 9.17) is 9.47 Å². The maximum absolute atomic E-state index is 14.2. The summed E-state index contributed by atoms with van der Waals surface area (Å²) in [5.74, 6) is -5.50. The summed E-state index contributed by atoms with van der Waals surface area (Å²) >= 11 is 0. The van der Waals surface area contributed by atoms with Crippen molar-refractivity contribution in [3.05, 3.63) is 119 Å². The molecule has 4 nitrogen and oxygen atoms in total. The van der Waals surface area contributed by atoms with E-state index < -0.39 is 29.2 Å². The fourth-order valence-electron chi connectivity index (χ4n) is 4.17. The number of methoxy groups -OCH3 is 1. The predicted molar refractivity (Wildman–Crippen MR) is 122 cm³/mol. The maximum atomic E-state index is 14.2. The van der Waals surface area contributed by atoms with E-state index in [1.54, 1.807) is 31.4 Å². The van der Waals surface area contributed by atoms with Crippen LogP contribution in [0.2, 0.25) is 0 Å². The molecule has 0 saturated carbocycles. The van der Waals surface area contributed by atoms with Crippen molar-refractivity contribution in [3.63, 3.8) is 0 Å². The van der Waals surface area contributed by atoms with Crippen molar-refractivity contribution in [1.82, 2.24) is 0 Å². The first-order chi connectivity index (χ1) is 16.5. The molecule has 0 amide bonds. The molecule has 170 valence electrons. The Bertz CT molecular complexity index is 1390. The molecule has 0 saturated heterocycles. The summed E-state index contributed by atoms with van der Waals surface area (Å²) in [5.41, 5.74) is 3.44. The van der Waals surface area contributed by atoms with E-state index in [9.17, 15) is 18.0 Å². The second kappa shape index (κ2) is 8.59.